The Morgan fingerprint density at radius 2 is 1.96 bits per heavy atom. The van der Waals surface area contributed by atoms with E-state index in [0.29, 0.717) is 17.8 Å². The van der Waals surface area contributed by atoms with E-state index in [0.717, 1.165) is 11.3 Å². The third kappa shape index (κ3) is 3.03. The van der Waals surface area contributed by atoms with Gasteiger partial charge in [0, 0.05) is 5.69 Å². The number of anilines is 1. The molecule has 1 N–H and O–H groups in total. The number of aryl methyl sites for hydroxylation is 1. The quantitative estimate of drug-likeness (QED) is 0.798. The van der Waals surface area contributed by atoms with E-state index in [1.54, 1.807) is 17.7 Å². The number of halogens is 1. The van der Waals surface area contributed by atoms with E-state index in [1.165, 1.54) is 12.1 Å². The number of nitrogens with one attached hydrogen (secondary N) is 1. The molecule has 0 atom stereocenters. The summed E-state index contributed by atoms with van der Waals surface area (Å²) in [6.45, 7) is 3.74. The number of benzene rings is 2. The maximum absolute atomic E-state index is 13.4. The van der Waals surface area contributed by atoms with Gasteiger partial charge in [0.25, 0.3) is 5.91 Å². The average Bonchev–Trinajstić information content (AvgIpc) is 3.03. The molecule has 0 aliphatic heterocycles. The van der Waals surface area contributed by atoms with Crippen molar-refractivity contribution in [3.05, 3.63) is 71.3 Å². The molecule has 1 aromatic heterocycles. The third-order valence-electron chi connectivity index (χ3n) is 3.76. The first-order chi connectivity index (χ1) is 11.6. The van der Waals surface area contributed by atoms with E-state index in [4.69, 9.17) is 0 Å². The van der Waals surface area contributed by atoms with Crippen LogP contribution in [0.5, 0.6) is 0 Å². The van der Waals surface area contributed by atoms with Crippen molar-refractivity contribution in [2.75, 3.05) is 5.32 Å². The van der Waals surface area contributed by atoms with Gasteiger partial charge in [-0.1, -0.05) is 36.4 Å². The second kappa shape index (κ2) is 6.62. The highest BCUT2D eigenvalue weighted by molar-refractivity contribution is 6.04. The van der Waals surface area contributed by atoms with Crippen LogP contribution >= 0.6 is 0 Å². The van der Waals surface area contributed by atoms with Crippen LogP contribution < -0.4 is 5.32 Å². The molecule has 0 radical (unpaired) electrons. The van der Waals surface area contributed by atoms with Crippen molar-refractivity contribution in [2.24, 2.45) is 0 Å². The van der Waals surface area contributed by atoms with Gasteiger partial charge >= 0.3 is 0 Å². The van der Waals surface area contributed by atoms with Crippen LogP contribution in [0.1, 0.15) is 28.7 Å². The van der Waals surface area contributed by atoms with Crippen molar-refractivity contribution in [2.45, 2.75) is 20.3 Å². The molecule has 0 fully saturated rings. The highest BCUT2D eigenvalue weighted by atomic mass is 19.1. The monoisotopic (exact) mass is 324 g/mol. The fraction of sp³-hybridized carbons (Fsp3) is 0.167. The number of hydrogen-bond donors (Lipinski definition) is 1. The normalized spacial score (nSPS) is 10.6. The number of aromatic nitrogens is 3. The van der Waals surface area contributed by atoms with Gasteiger partial charge in [0.1, 0.15) is 5.82 Å². The molecular weight excluding hydrogens is 307 g/mol. The molecule has 0 unspecified atom stereocenters. The second-order valence-electron chi connectivity index (χ2n) is 5.40. The summed E-state index contributed by atoms with van der Waals surface area (Å²) in [5, 5.41) is 10.8. The SMILES string of the molecule is CCc1c(C(=O)Nc2cc(F)ccc2C)nnn1-c1ccccc1. The van der Waals surface area contributed by atoms with Crippen molar-refractivity contribution in [3.8, 4) is 5.69 Å². The van der Waals surface area contributed by atoms with E-state index in [1.807, 2.05) is 37.3 Å². The van der Waals surface area contributed by atoms with Crippen LogP contribution in [0.4, 0.5) is 10.1 Å². The third-order valence-corrected chi connectivity index (χ3v) is 3.76. The number of hydrogen-bond acceptors (Lipinski definition) is 3. The smallest absolute Gasteiger partial charge is 0.278 e. The van der Waals surface area contributed by atoms with Crippen LogP contribution in [0.25, 0.3) is 5.69 Å². The van der Waals surface area contributed by atoms with Crippen LogP contribution in [0.2, 0.25) is 0 Å². The molecule has 2 aromatic carbocycles. The van der Waals surface area contributed by atoms with Gasteiger partial charge in [-0.2, -0.15) is 0 Å². The van der Waals surface area contributed by atoms with Crippen molar-refractivity contribution in [1.29, 1.82) is 0 Å². The first-order valence-electron chi connectivity index (χ1n) is 7.67. The largest absolute Gasteiger partial charge is 0.320 e. The highest BCUT2D eigenvalue weighted by Gasteiger charge is 2.20. The Kier molecular flexibility index (Phi) is 4.37. The first-order valence-corrected chi connectivity index (χ1v) is 7.67. The van der Waals surface area contributed by atoms with E-state index in [2.05, 4.69) is 15.6 Å². The lowest BCUT2D eigenvalue weighted by atomic mass is 10.2. The molecule has 3 aromatic rings. The molecule has 3 rings (SSSR count). The predicted molar refractivity (Wildman–Crippen MR) is 89.8 cm³/mol. The van der Waals surface area contributed by atoms with E-state index < -0.39 is 11.7 Å². The molecule has 0 spiro atoms. The minimum absolute atomic E-state index is 0.241. The van der Waals surface area contributed by atoms with Crippen LogP contribution in [0.3, 0.4) is 0 Å². The fourth-order valence-corrected chi connectivity index (χ4v) is 2.48. The number of rotatable bonds is 4. The van der Waals surface area contributed by atoms with Crippen LogP contribution in [-0.2, 0) is 6.42 Å². The minimum atomic E-state index is -0.403. The summed E-state index contributed by atoms with van der Waals surface area (Å²) in [6.07, 6.45) is 0.590. The minimum Gasteiger partial charge on any atom is -0.320 e. The summed E-state index contributed by atoms with van der Waals surface area (Å²) in [5.41, 5.74) is 2.98. The van der Waals surface area contributed by atoms with Gasteiger partial charge in [0.05, 0.1) is 11.4 Å². The molecule has 0 saturated heterocycles. The lowest BCUT2D eigenvalue weighted by molar-refractivity contribution is 0.102. The summed E-state index contributed by atoms with van der Waals surface area (Å²) in [6, 6.07) is 13.8. The molecule has 5 nitrogen and oxygen atoms in total. The fourth-order valence-electron chi connectivity index (χ4n) is 2.48. The number of carbonyl (C=O) groups excluding carboxylic acids is 1. The molecule has 1 heterocycles. The van der Waals surface area contributed by atoms with Crippen LogP contribution in [-0.4, -0.2) is 20.9 Å². The van der Waals surface area contributed by atoms with Gasteiger partial charge in [-0.3, -0.25) is 4.79 Å². The van der Waals surface area contributed by atoms with Crippen molar-refractivity contribution in [1.82, 2.24) is 15.0 Å². The highest BCUT2D eigenvalue weighted by Crippen LogP contribution is 2.19. The topological polar surface area (TPSA) is 59.8 Å². The van der Waals surface area contributed by atoms with Crippen LogP contribution in [0, 0.1) is 12.7 Å². The molecule has 0 aliphatic rings. The van der Waals surface area contributed by atoms with Gasteiger partial charge in [0.15, 0.2) is 5.69 Å². The molecule has 1 amide bonds. The summed E-state index contributed by atoms with van der Waals surface area (Å²) in [7, 11) is 0. The Morgan fingerprint density at radius 1 is 1.21 bits per heavy atom. The molecular formula is C18H17FN4O. The molecule has 0 aliphatic carbocycles. The summed E-state index contributed by atoms with van der Waals surface area (Å²) >= 11 is 0. The van der Waals surface area contributed by atoms with Gasteiger partial charge in [-0.05, 0) is 43.2 Å². The summed E-state index contributed by atoms with van der Waals surface area (Å²) in [5.74, 6) is -0.803. The number of carbonyl (C=O) groups is 1. The Hall–Kier alpha value is -3.02. The average molecular weight is 324 g/mol. The summed E-state index contributed by atoms with van der Waals surface area (Å²) < 4.78 is 15.0. The Labute approximate surface area is 139 Å². The van der Waals surface area contributed by atoms with Crippen molar-refractivity contribution >= 4 is 11.6 Å². The number of amides is 1. The van der Waals surface area contributed by atoms with Crippen molar-refractivity contribution in [3.63, 3.8) is 0 Å². The number of nitrogens with zero attached hydrogens (tertiary/aromatic N) is 3. The lowest BCUT2D eigenvalue weighted by Crippen LogP contribution is -2.16. The lowest BCUT2D eigenvalue weighted by Gasteiger charge is -2.09. The zero-order chi connectivity index (χ0) is 17.1. The maximum atomic E-state index is 13.4. The van der Waals surface area contributed by atoms with E-state index >= 15 is 0 Å². The zero-order valence-corrected chi connectivity index (χ0v) is 13.5. The van der Waals surface area contributed by atoms with E-state index in [-0.39, 0.29) is 5.69 Å². The van der Waals surface area contributed by atoms with Gasteiger partial charge in [-0.15, -0.1) is 5.10 Å². The Bertz CT molecular complexity index is 874. The molecule has 0 bridgehead atoms. The molecule has 122 valence electrons. The first kappa shape index (κ1) is 15.9. The van der Waals surface area contributed by atoms with Crippen LogP contribution in [0.15, 0.2) is 48.5 Å². The molecule has 24 heavy (non-hydrogen) atoms. The second-order valence-corrected chi connectivity index (χ2v) is 5.40. The van der Waals surface area contributed by atoms with Crippen molar-refractivity contribution < 1.29 is 9.18 Å². The van der Waals surface area contributed by atoms with Gasteiger partial charge in [0.2, 0.25) is 0 Å². The van der Waals surface area contributed by atoms with E-state index in [9.17, 15) is 9.18 Å². The van der Waals surface area contributed by atoms with Gasteiger partial charge in [-0.25, -0.2) is 9.07 Å². The zero-order valence-electron chi connectivity index (χ0n) is 13.5. The predicted octanol–water partition coefficient (Wildman–Crippen LogP) is 3.53. The number of para-hydroxylation sites is 1. The molecule has 0 saturated carbocycles. The molecule has 6 heteroatoms. The maximum Gasteiger partial charge on any atom is 0.278 e. The Morgan fingerprint density at radius 3 is 2.67 bits per heavy atom. The Balaban J connectivity index is 1.93. The summed E-state index contributed by atoms with van der Waals surface area (Å²) in [4.78, 5) is 12.6. The van der Waals surface area contributed by atoms with Gasteiger partial charge < -0.3 is 5.32 Å². The standard InChI is InChI=1S/C18H17FN4O/c1-3-16-17(21-22-23(16)14-7-5-4-6-8-14)18(24)20-15-11-13(19)10-9-12(15)2/h4-11H,3H2,1-2H3,(H,20,24).